The SMILES string of the molecule is CC(C)N(c1cccc2cc(-c3ncc(CN4CC5C(=O)N(C)C(=O)C5C4)s3)[nH]c12)S(=O)(=O)c1cccs1. The molecule has 2 fully saturated rings. The molecular formula is C26H27N5O4S3. The lowest BCUT2D eigenvalue weighted by Gasteiger charge is -2.28. The summed E-state index contributed by atoms with van der Waals surface area (Å²) < 4.78 is 28.8. The molecule has 38 heavy (non-hydrogen) atoms. The summed E-state index contributed by atoms with van der Waals surface area (Å²) >= 11 is 2.76. The van der Waals surface area contributed by atoms with Gasteiger partial charge in [-0.2, -0.15) is 0 Å². The van der Waals surface area contributed by atoms with Gasteiger partial charge in [-0.1, -0.05) is 18.2 Å². The molecule has 198 valence electrons. The quantitative estimate of drug-likeness (QED) is 0.337. The largest absolute Gasteiger partial charge is 0.351 e. The molecule has 0 saturated carbocycles. The topological polar surface area (TPSA) is 107 Å². The van der Waals surface area contributed by atoms with Crippen molar-refractivity contribution in [2.75, 3.05) is 24.4 Å². The van der Waals surface area contributed by atoms with Crippen LogP contribution in [-0.4, -0.2) is 66.2 Å². The van der Waals surface area contributed by atoms with Crippen molar-refractivity contribution in [3.8, 4) is 10.7 Å². The number of H-pyrrole nitrogens is 1. The molecule has 0 aliphatic carbocycles. The Bertz CT molecular complexity index is 1620. The second kappa shape index (κ2) is 9.30. The first-order valence-electron chi connectivity index (χ1n) is 12.3. The minimum absolute atomic E-state index is 0.0853. The lowest BCUT2D eigenvalue weighted by Crippen LogP contribution is -2.36. The summed E-state index contributed by atoms with van der Waals surface area (Å²) in [5.41, 5.74) is 2.14. The molecule has 3 aromatic heterocycles. The van der Waals surface area contributed by atoms with Gasteiger partial charge >= 0.3 is 0 Å². The van der Waals surface area contributed by atoms with Crippen LogP contribution in [0.1, 0.15) is 18.7 Å². The minimum Gasteiger partial charge on any atom is -0.351 e. The molecule has 1 N–H and O–H groups in total. The molecule has 12 heteroatoms. The average molecular weight is 570 g/mol. The number of nitrogens with zero attached hydrogens (tertiary/aromatic N) is 4. The molecule has 0 bridgehead atoms. The highest BCUT2D eigenvalue weighted by Gasteiger charge is 2.50. The van der Waals surface area contributed by atoms with E-state index in [2.05, 4.69) is 14.9 Å². The summed E-state index contributed by atoms with van der Waals surface area (Å²) in [7, 11) is -2.16. The third-order valence-corrected chi connectivity index (χ3v) is 11.6. The maximum atomic E-state index is 13.5. The van der Waals surface area contributed by atoms with Gasteiger partial charge in [-0.25, -0.2) is 13.4 Å². The van der Waals surface area contributed by atoms with Crippen LogP contribution in [0.15, 0.2) is 52.2 Å². The molecule has 1 aromatic carbocycles. The van der Waals surface area contributed by atoms with Crippen LogP contribution in [0.4, 0.5) is 5.69 Å². The van der Waals surface area contributed by atoms with Crippen LogP contribution in [0.2, 0.25) is 0 Å². The number of anilines is 1. The molecule has 6 rings (SSSR count). The fraction of sp³-hybridized carbons (Fsp3) is 0.346. The van der Waals surface area contributed by atoms with Crippen molar-refractivity contribution in [2.24, 2.45) is 11.8 Å². The summed E-state index contributed by atoms with van der Waals surface area (Å²) in [6.07, 6.45) is 1.83. The highest BCUT2D eigenvalue weighted by molar-refractivity contribution is 7.94. The fourth-order valence-corrected chi connectivity index (χ4v) is 9.16. The number of hydrogen-bond donors (Lipinski definition) is 1. The lowest BCUT2D eigenvalue weighted by atomic mass is 10.00. The molecule has 5 heterocycles. The Morgan fingerprint density at radius 1 is 1.13 bits per heavy atom. The average Bonchev–Trinajstić information content (AvgIpc) is 3.69. The molecular weight excluding hydrogens is 543 g/mol. The molecule has 9 nitrogen and oxygen atoms in total. The molecule has 2 amide bonds. The summed E-state index contributed by atoms with van der Waals surface area (Å²) in [5, 5.41) is 3.46. The Balaban J connectivity index is 1.27. The number of thiazole rings is 1. The van der Waals surface area contributed by atoms with Crippen molar-refractivity contribution in [2.45, 2.75) is 30.6 Å². The van der Waals surface area contributed by atoms with E-state index in [4.69, 9.17) is 0 Å². The van der Waals surface area contributed by atoms with Crippen LogP contribution < -0.4 is 4.31 Å². The van der Waals surface area contributed by atoms with E-state index >= 15 is 0 Å². The van der Waals surface area contributed by atoms with Crippen LogP contribution in [0, 0.1) is 11.8 Å². The summed E-state index contributed by atoms with van der Waals surface area (Å²) in [5.74, 6) is -0.668. The zero-order chi connectivity index (χ0) is 26.8. The van der Waals surface area contributed by atoms with Crippen LogP contribution in [0.3, 0.4) is 0 Å². The molecule has 2 aliphatic heterocycles. The predicted octanol–water partition coefficient (Wildman–Crippen LogP) is 4.00. The molecule has 2 unspecified atom stereocenters. The first kappa shape index (κ1) is 25.2. The van der Waals surface area contributed by atoms with Gasteiger partial charge in [-0.15, -0.1) is 22.7 Å². The van der Waals surface area contributed by atoms with Gasteiger partial charge in [0.2, 0.25) is 11.8 Å². The number of para-hydroxylation sites is 1. The molecule has 0 radical (unpaired) electrons. The first-order valence-corrected chi connectivity index (χ1v) is 15.5. The number of imide groups is 1. The number of thiophene rings is 1. The highest BCUT2D eigenvalue weighted by Crippen LogP contribution is 2.38. The zero-order valence-electron chi connectivity index (χ0n) is 21.1. The molecule has 4 aromatic rings. The van der Waals surface area contributed by atoms with E-state index in [-0.39, 0.29) is 29.7 Å². The van der Waals surface area contributed by atoms with Gasteiger partial charge in [-0.05, 0) is 37.4 Å². The Kier molecular flexibility index (Phi) is 6.17. The van der Waals surface area contributed by atoms with Crippen LogP contribution in [-0.2, 0) is 26.2 Å². The number of likely N-dealkylation sites (tertiary alicyclic amines) is 2. The summed E-state index contributed by atoms with van der Waals surface area (Å²) in [6, 6.07) is 10.7. The second-order valence-electron chi connectivity index (χ2n) is 10.0. The van der Waals surface area contributed by atoms with E-state index < -0.39 is 10.0 Å². The summed E-state index contributed by atoms with van der Waals surface area (Å²) in [6.45, 7) is 5.51. The lowest BCUT2D eigenvalue weighted by molar-refractivity contribution is -0.138. The number of aromatic nitrogens is 2. The van der Waals surface area contributed by atoms with E-state index in [1.165, 1.54) is 20.5 Å². The van der Waals surface area contributed by atoms with Gasteiger partial charge in [0, 0.05) is 49.2 Å². The van der Waals surface area contributed by atoms with Crippen molar-refractivity contribution in [1.82, 2.24) is 19.8 Å². The van der Waals surface area contributed by atoms with Gasteiger partial charge in [0.1, 0.15) is 9.22 Å². The van der Waals surface area contributed by atoms with Crippen LogP contribution in [0.5, 0.6) is 0 Å². The van der Waals surface area contributed by atoms with Crippen LogP contribution >= 0.6 is 22.7 Å². The maximum Gasteiger partial charge on any atom is 0.274 e. The number of nitrogens with one attached hydrogen (secondary N) is 1. The molecule has 2 saturated heterocycles. The number of sulfonamides is 1. The zero-order valence-corrected chi connectivity index (χ0v) is 23.6. The minimum atomic E-state index is -3.72. The van der Waals surface area contributed by atoms with Gasteiger partial charge in [-0.3, -0.25) is 23.7 Å². The van der Waals surface area contributed by atoms with Crippen molar-refractivity contribution < 1.29 is 18.0 Å². The fourth-order valence-electron chi connectivity index (χ4n) is 5.48. The van der Waals surface area contributed by atoms with Gasteiger partial charge in [0.15, 0.2) is 0 Å². The van der Waals surface area contributed by atoms with E-state index in [1.807, 2.05) is 44.3 Å². The standard InChI is InChI=1S/C26H27N5O4S3/c1-15(2)31(38(34,35)22-8-5-9-36-22)21-7-4-6-16-10-20(28-23(16)21)24-27-11-17(37-24)12-30-13-18-19(14-30)26(33)29(3)25(18)32/h4-11,15,18-19,28H,12-14H2,1-3H3. The Morgan fingerprint density at radius 2 is 1.87 bits per heavy atom. The molecule has 2 atom stereocenters. The third-order valence-electron chi connectivity index (χ3n) is 7.20. The van der Waals surface area contributed by atoms with Gasteiger partial charge in [0.05, 0.1) is 28.7 Å². The number of carbonyl (C=O) groups is 2. The van der Waals surface area contributed by atoms with Gasteiger partial charge in [0.25, 0.3) is 10.0 Å². The third kappa shape index (κ3) is 4.06. The Morgan fingerprint density at radius 3 is 2.53 bits per heavy atom. The van der Waals surface area contributed by atoms with Crippen molar-refractivity contribution in [1.29, 1.82) is 0 Å². The van der Waals surface area contributed by atoms with Crippen molar-refractivity contribution >= 4 is 61.1 Å². The highest BCUT2D eigenvalue weighted by atomic mass is 32.2. The number of amides is 2. The number of benzene rings is 1. The second-order valence-corrected chi connectivity index (χ2v) is 14.1. The number of aromatic amines is 1. The Hall–Kier alpha value is -3.06. The van der Waals surface area contributed by atoms with E-state index in [0.717, 1.165) is 26.5 Å². The first-order chi connectivity index (χ1) is 18.1. The number of rotatable bonds is 7. The predicted molar refractivity (Wildman–Crippen MR) is 149 cm³/mol. The van der Waals surface area contributed by atoms with E-state index in [1.54, 1.807) is 35.9 Å². The van der Waals surface area contributed by atoms with E-state index in [9.17, 15) is 18.0 Å². The molecule has 0 spiro atoms. The van der Waals surface area contributed by atoms with Gasteiger partial charge < -0.3 is 4.98 Å². The molecule has 2 aliphatic rings. The number of fused-ring (bicyclic) bond motifs is 2. The van der Waals surface area contributed by atoms with Crippen molar-refractivity contribution in [3.63, 3.8) is 0 Å². The number of carbonyl (C=O) groups excluding carboxylic acids is 2. The normalized spacial score (nSPS) is 20.3. The number of hydrogen-bond acceptors (Lipinski definition) is 8. The Labute approximate surface area is 228 Å². The van der Waals surface area contributed by atoms with Crippen LogP contribution in [0.25, 0.3) is 21.6 Å². The smallest absolute Gasteiger partial charge is 0.274 e. The monoisotopic (exact) mass is 569 g/mol. The maximum absolute atomic E-state index is 13.5. The van der Waals surface area contributed by atoms with E-state index in [0.29, 0.717) is 29.5 Å². The summed E-state index contributed by atoms with van der Waals surface area (Å²) in [4.78, 5) is 37.2. The van der Waals surface area contributed by atoms with Crippen molar-refractivity contribution in [3.05, 3.63) is 52.9 Å².